The van der Waals surface area contributed by atoms with E-state index in [1.165, 1.54) is 111 Å². The van der Waals surface area contributed by atoms with E-state index in [0.717, 1.165) is 12.8 Å². The van der Waals surface area contributed by atoms with Crippen molar-refractivity contribution in [1.82, 2.24) is 0 Å². The standard InChI is InChI=1S/C57H42N2/c1-57(2)50-33-37(28-31-46(50)47-32-29-42(36-51(47)57)58-52-23-11-3-15-38(52)34-39-16-4-12-24-53(39)58)27-30-45-43-19-7-9-21-48(43)56(49-22-10-8-20-44(45)49)59-54-25-13-5-17-40(54)35-41-18-6-14-26-55(41)59/h3-33,36H,34-35H2,1-2H3/b30-27+. The van der Waals surface area contributed by atoms with Gasteiger partial charge in [-0.2, -0.15) is 0 Å². The fraction of sp³-hybridized carbons (Fsp3) is 0.0877. The maximum Gasteiger partial charge on any atom is 0.0619 e. The number of anilines is 6. The second-order valence-electron chi connectivity index (χ2n) is 16.9. The first-order chi connectivity index (χ1) is 29.0. The van der Waals surface area contributed by atoms with Gasteiger partial charge in [-0.25, -0.2) is 0 Å². The zero-order chi connectivity index (χ0) is 39.2. The number of fused-ring (bicyclic) bond motifs is 9. The number of nitrogens with zero attached hydrogens (tertiary/aromatic N) is 2. The lowest BCUT2D eigenvalue weighted by Crippen LogP contribution is -2.20. The molecule has 2 aliphatic heterocycles. The molecule has 0 radical (unpaired) electrons. The van der Waals surface area contributed by atoms with Gasteiger partial charge in [0.25, 0.3) is 0 Å². The molecule has 59 heavy (non-hydrogen) atoms. The van der Waals surface area contributed by atoms with Crippen molar-refractivity contribution in [2.24, 2.45) is 0 Å². The third kappa shape index (κ3) is 5.12. The van der Waals surface area contributed by atoms with Gasteiger partial charge in [0.05, 0.1) is 5.69 Å². The van der Waals surface area contributed by atoms with Gasteiger partial charge < -0.3 is 9.80 Å². The average molecular weight is 755 g/mol. The molecule has 280 valence electrons. The Hall–Kier alpha value is -7.16. The predicted octanol–water partition coefficient (Wildman–Crippen LogP) is 15.2. The SMILES string of the molecule is CC1(C)c2cc(/C=C/c3c4ccccc4c(N4c5ccccc5Cc5ccccc54)c4ccccc34)ccc2-c2ccc(N3c4ccccc4Cc4ccccc43)cc21. The second kappa shape index (κ2) is 12.9. The van der Waals surface area contributed by atoms with Crippen LogP contribution in [0.25, 0.3) is 44.8 Å². The van der Waals surface area contributed by atoms with E-state index < -0.39 is 0 Å². The van der Waals surface area contributed by atoms with E-state index in [4.69, 9.17) is 0 Å². The lowest BCUT2D eigenvalue weighted by molar-refractivity contribution is 0.660. The Bertz CT molecular complexity index is 3070. The topological polar surface area (TPSA) is 6.48 Å². The first-order valence-corrected chi connectivity index (χ1v) is 20.9. The van der Waals surface area contributed by atoms with E-state index in [2.05, 4.69) is 218 Å². The Morgan fingerprint density at radius 2 is 0.831 bits per heavy atom. The molecule has 0 aromatic heterocycles. The first-order valence-electron chi connectivity index (χ1n) is 20.9. The van der Waals surface area contributed by atoms with Gasteiger partial charge in [0, 0.05) is 57.5 Å². The Labute approximate surface area is 346 Å². The lowest BCUT2D eigenvalue weighted by atomic mass is 9.81. The Balaban J connectivity index is 0.957. The van der Waals surface area contributed by atoms with Crippen LogP contribution in [0, 0.1) is 0 Å². The third-order valence-electron chi connectivity index (χ3n) is 13.2. The van der Waals surface area contributed by atoms with Crippen molar-refractivity contribution in [2.75, 3.05) is 9.80 Å². The van der Waals surface area contributed by atoms with E-state index in [0.29, 0.717) is 0 Å². The van der Waals surface area contributed by atoms with Crippen LogP contribution in [0.2, 0.25) is 0 Å². The Morgan fingerprint density at radius 1 is 0.407 bits per heavy atom. The molecule has 2 nitrogen and oxygen atoms in total. The predicted molar refractivity (Wildman–Crippen MR) is 249 cm³/mol. The van der Waals surface area contributed by atoms with Crippen molar-refractivity contribution in [1.29, 1.82) is 0 Å². The van der Waals surface area contributed by atoms with Gasteiger partial charge in [0.2, 0.25) is 0 Å². The molecule has 9 aromatic carbocycles. The van der Waals surface area contributed by atoms with Crippen LogP contribution in [0.5, 0.6) is 0 Å². The van der Waals surface area contributed by atoms with Crippen molar-refractivity contribution in [3.8, 4) is 11.1 Å². The molecule has 0 unspecified atom stereocenters. The molecule has 0 saturated heterocycles. The fourth-order valence-electron chi connectivity index (χ4n) is 10.4. The maximum absolute atomic E-state index is 2.51. The van der Waals surface area contributed by atoms with E-state index in [9.17, 15) is 0 Å². The summed E-state index contributed by atoms with van der Waals surface area (Å²) >= 11 is 0. The van der Waals surface area contributed by atoms with E-state index in [1.807, 2.05) is 0 Å². The lowest BCUT2D eigenvalue weighted by Gasteiger charge is -2.35. The van der Waals surface area contributed by atoms with Crippen LogP contribution in [-0.2, 0) is 18.3 Å². The normalized spacial score (nSPS) is 14.5. The molecule has 0 saturated carbocycles. The minimum Gasteiger partial charge on any atom is -0.310 e. The molecule has 1 aliphatic carbocycles. The van der Waals surface area contributed by atoms with Crippen molar-refractivity contribution in [2.45, 2.75) is 32.1 Å². The second-order valence-corrected chi connectivity index (χ2v) is 16.9. The summed E-state index contributed by atoms with van der Waals surface area (Å²) in [6.45, 7) is 4.79. The summed E-state index contributed by atoms with van der Waals surface area (Å²) in [7, 11) is 0. The highest BCUT2D eigenvalue weighted by Gasteiger charge is 2.37. The quantitative estimate of drug-likeness (QED) is 0.130. The summed E-state index contributed by atoms with van der Waals surface area (Å²) < 4.78 is 0. The molecule has 12 rings (SSSR count). The molecule has 0 atom stereocenters. The summed E-state index contributed by atoms with van der Waals surface area (Å²) in [5, 5.41) is 5.00. The zero-order valence-corrected chi connectivity index (χ0v) is 33.3. The monoisotopic (exact) mass is 754 g/mol. The molecule has 2 heterocycles. The minimum atomic E-state index is -0.165. The van der Waals surface area contributed by atoms with Gasteiger partial charge in [-0.3, -0.25) is 0 Å². The van der Waals surface area contributed by atoms with E-state index >= 15 is 0 Å². The van der Waals surface area contributed by atoms with Crippen molar-refractivity contribution < 1.29 is 0 Å². The van der Waals surface area contributed by atoms with Gasteiger partial charge in [-0.1, -0.05) is 172 Å². The average Bonchev–Trinajstić information content (AvgIpc) is 3.50. The van der Waals surface area contributed by atoms with Crippen molar-refractivity contribution in [3.05, 3.63) is 226 Å². The third-order valence-corrected chi connectivity index (χ3v) is 13.2. The largest absolute Gasteiger partial charge is 0.310 e. The van der Waals surface area contributed by atoms with Gasteiger partial charge in [-0.05, 0) is 103 Å². The fourth-order valence-corrected chi connectivity index (χ4v) is 10.4. The van der Waals surface area contributed by atoms with Gasteiger partial charge >= 0.3 is 0 Å². The van der Waals surface area contributed by atoms with Gasteiger partial charge in [0.1, 0.15) is 0 Å². The molecule has 3 aliphatic rings. The molecule has 0 amide bonds. The van der Waals surface area contributed by atoms with Crippen molar-refractivity contribution in [3.63, 3.8) is 0 Å². The molecule has 2 heteroatoms. The Kier molecular flexibility index (Phi) is 7.43. The van der Waals surface area contributed by atoms with Crippen LogP contribution >= 0.6 is 0 Å². The number of para-hydroxylation sites is 4. The van der Waals surface area contributed by atoms with Crippen LogP contribution in [0.3, 0.4) is 0 Å². The summed E-state index contributed by atoms with van der Waals surface area (Å²) in [5.41, 5.74) is 20.6. The zero-order valence-electron chi connectivity index (χ0n) is 33.3. The maximum atomic E-state index is 2.51. The number of rotatable bonds is 4. The van der Waals surface area contributed by atoms with E-state index in [-0.39, 0.29) is 5.41 Å². The van der Waals surface area contributed by atoms with Crippen molar-refractivity contribution >= 4 is 67.8 Å². The highest BCUT2D eigenvalue weighted by Crippen LogP contribution is 2.53. The highest BCUT2D eigenvalue weighted by molar-refractivity contribution is 6.19. The smallest absolute Gasteiger partial charge is 0.0619 e. The summed E-state index contributed by atoms with van der Waals surface area (Å²) in [5.74, 6) is 0. The van der Waals surface area contributed by atoms with Crippen LogP contribution in [-0.4, -0.2) is 0 Å². The molecular formula is C57H42N2. The van der Waals surface area contributed by atoms with Crippen LogP contribution in [0.4, 0.5) is 34.1 Å². The summed E-state index contributed by atoms with van der Waals surface area (Å²) in [6.07, 6.45) is 6.57. The molecule has 0 N–H and O–H groups in total. The summed E-state index contributed by atoms with van der Waals surface area (Å²) in [6, 6.07) is 67.6. The molecule has 0 fully saturated rings. The Morgan fingerprint density at radius 3 is 1.36 bits per heavy atom. The molecule has 0 spiro atoms. The first kappa shape index (κ1) is 33.9. The van der Waals surface area contributed by atoms with Crippen LogP contribution < -0.4 is 9.80 Å². The molecule has 0 bridgehead atoms. The molecule has 9 aromatic rings. The van der Waals surface area contributed by atoms with Gasteiger partial charge in [-0.15, -0.1) is 0 Å². The minimum absolute atomic E-state index is 0.165. The highest BCUT2D eigenvalue weighted by atomic mass is 15.2. The number of hydrogen-bond donors (Lipinski definition) is 0. The summed E-state index contributed by atoms with van der Waals surface area (Å²) in [4.78, 5) is 4.98. The number of benzene rings is 9. The molecular weight excluding hydrogens is 713 g/mol. The van der Waals surface area contributed by atoms with Crippen LogP contribution in [0.15, 0.2) is 182 Å². The van der Waals surface area contributed by atoms with E-state index in [1.54, 1.807) is 0 Å². The number of hydrogen-bond acceptors (Lipinski definition) is 2. The van der Waals surface area contributed by atoms with Crippen LogP contribution in [0.1, 0.15) is 58.4 Å². The van der Waals surface area contributed by atoms with Gasteiger partial charge in [0.15, 0.2) is 0 Å².